The summed E-state index contributed by atoms with van der Waals surface area (Å²) in [6, 6.07) is 5.67. The Hall–Kier alpha value is -0.160. The van der Waals surface area contributed by atoms with E-state index in [1.807, 2.05) is 12.1 Å². The highest BCUT2D eigenvalue weighted by atomic mass is 79.9. The maximum Gasteiger partial charge on any atom is 0.128 e. The molecule has 2 fully saturated rings. The van der Waals surface area contributed by atoms with Gasteiger partial charge in [-0.3, -0.25) is 4.90 Å². The molecule has 2 N–H and O–H groups in total. The van der Waals surface area contributed by atoms with Gasteiger partial charge in [0.05, 0.1) is 0 Å². The van der Waals surface area contributed by atoms with Crippen LogP contribution in [0.4, 0.5) is 4.39 Å². The summed E-state index contributed by atoms with van der Waals surface area (Å²) in [5, 5.41) is 0. The zero-order valence-electron chi connectivity index (χ0n) is 10.7. The quantitative estimate of drug-likeness (QED) is 0.888. The molecule has 19 heavy (non-hydrogen) atoms. The number of nitrogens with zero attached hydrogens (tertiary/aromatic N) is 1. The number of hydrogen-bond donors (Lipinski definition) is 1. The summed E-state index contributed by atoms with van der Waals surface area (Å²) >= 11 is 3.29. The number of likely N-dealkylation sites (tertiary alicyclic amines) is 1. The summed E-state index contributed by atoms with van der Waals surface area (Å²) in [5.74, 6) is 1.24. The fourth-order valence-electron chi connectivity index (χ4n) is 3.42. The van der Waals surface area contributed by atoms with Crippen LogP contribution in [-0.4, -0.2) is 24.0 Å². The molecular weight excluding hydrogens is 331 g/mol. The molecule has 0 bridgehead atoms. The molecule has 1 saturated heterocycles. The van der Waals surface area contributed by atoms with E-state index in [1.165, 1.54) is 12.5 Å². The minimum absolute atomic E-state index is 0. The van der Waals surface area contributed by atoms with Gasteiger partial charge in [0.2, 0.25) is 0 Å². The number of benzene rings is 1. The topological polar surface area (TPSA) is 29.3 Å². The van der Waals surface area contributed by atoms with Gasteiger partial charge in [-0.05, 0) is 36.8 Å². The molecule has 0 spiro atoms. The lowest BCUT2D eigenvalue weighted by Crippen LogP contribution is -2.30. The van der Waals surface area contributed by atoms with E-state index in [-0.39, 0.29) is 18.2 Å². The fraction of sp³-hybridized carbons (Fsp3) is 0.571. The van der Waals surface area contributed by atoms with Crippen LogP contribution < -0.4 is 5.73 Å². The Bertz CT molecular complexity index is 457. The minimum Gasteiger partial charge on any atom is -0.327 e. The average molecular weight is 350 g/mol. The number of halogens is 3. The standard InChI is InChI=1S/C14H18BrFN2.ClH/c15-11-3-1-10(13(16)5-11)7-18-6-9-2-4-14(17)12(9)8-18;/h1,3,5,9,12,14H,2,4,6-8,17H2;1H. The smallest absolute Gasteiger partial charge is 0.128 e. The van der Waals surface area contributed by atoms with Crippen molar-refractivity contribution in [2.75, 3.05) is 13.1 Å². The maximum absolute atomic E-state index is 13.8. The first kappa shape index (κ1) is 15.2. The van der Waals surface area contributed by atoms with Gasteiger partial charge < -0.3 is 5.73 Å². The molecule has 2 nitrogen and oxygen atoms in total. The Labute approximate surface area is 128 Å². The van der Waals surface area contributed by atoms with Crippen molar-refractivity contribution in [2.24, 2.45) is 17.6 Å². The van der Waals surface area contributed by atoms with Crippen LogP contribution in [-0.2, 0) is 6.54 Å². The molecule has 0 amide bonds. The van der Waals surface area contributed by atoms with Gasteiger partial charge in [-0.2, -0.15) is 0 Å². The molecule has 1 aromatic carbocycles. The Morgan fingerprint density at radius 2 is 2.11 bits per heavy atom. The van der Waals surface area contributed by atoms with Gasteiger partial charge >= 0.3 is 0 Å². The van der Waals surface area contributed by atoms with E-state index in [4.69, 9.17) is 5.73 Å². The molecular formula is C14H19BrClFN2. The van der Waals surface area contributed by atoms with Gasteiger partial charge in [0.15, 0.2) is 0 Å². The molecule has 0 radical (unpaired) electrons. The van der Waals surface area contributed by atoms with E-state index < -0.39 is 0 Å². The highest BCUT2D eigenvalue weighted by Gasteiger charge is 2.40. The van der Waals surface area contributed by atoms with Crippen LogP contribution in [0.1, 0.15) is 18.4 Å². The molecule has 5 heteroatoms. The molecule has 3 unspecified atom stereocenters. The van der Waals surface area contributed by atoms with Crippen molar-refractivity contribution in [3.63, 3.8) is 0 Å². The molecule has 1 aromatic rings. The number of fused-ring (bicyclic) bond motifs is 1. The highest BCUT2D eigenvalue weighted by Crippen LogP contribution is 2.37. The predicted molar refractivity (Wildman–Crippen MR) is 80.8 cm³/mol. The highest BCUT2D eigenvalue weighted by molar-refractivity contribution is 9.10. The number of hydrogen-bond acceptors (Lipinski definition) is 2. The van der Waals surface area contributed by atoms with Gasteiger partial charge in [0.1, 0.15) is 5.82 Å². The Kier molecular flexibility index (Phi) is 4.88. The van der Waals surface area contributed by atoms with E-state index in [0.717, 1.165) is 35.5 Å². The third-order valence-electron chi connectivity index (χ3n) is 4.40. The monoisotopic (exact) mass is 348 g/mol. The van der Waals surface area contributed by atoms with Crippen LogP contribution >= 0.6 is 28.3 Å². The van der Waals surface area contributed by atoms with Crippen molar-refractivity contribution in [3.05, 3.63) is 34.1 Å². The summed E-state index contributed by atoms with van der Waals surface area (Å²) in [5.41, 5.74) is 6.90. The molecule has 106 valence electrons. The molecule has 1 saturated carbocycles. The van der Waals surface area contributed by atoms with Crippen LogP contribution in [0.25, 0.3) is 0 Å². The van der Waals surface area contributed by atoms with Crippen LogP contribution in [0.15, 0.2) is 22.7 Å². The molecule has 3 rings (SSSR count). The molecule has 1 aliphatic heterocycles. The van der Waals surface area contributed by atoms with Crippen molar-refractivity contribution < 1.29 is 4.39 Å². The van der Waals surface area contributed by atoms with Gasteiger partial charge in [-0.15, -0.1) is 12.4 Å². The zero-order valence-corrected chi connectivity index (χ0v) is 13.1. The molecule has 0 aromatic heterocycles. The van der Waals surface area contributed by atoms with Crippen LogP contribution in [0, 0.1) is 17.7 Å². The summed E-state index contributed by atoms with van der Waals surface area (Å²) < 4.78 is 14.6. The number of rotatable bonds is 2. The van der Waals surface area contributed by atoms with Crippen molar-refractivity contribution in [3.8, 4) is 0 Å². The number of nitrogens with two attached hydrogens (primary N) is 1. The SMILES string of the molecule is Cl.NC1CCC2CN(Cc3ccc(Br)cc3F)CC12. The molecule has 3 atom stereocenters. The summed E-state index contributed by atoms with van der Waals surface area (Å²) in [6.07, 6.45) is 2.40. The second-order valence-corrected chi connectivity index (χ2v) is 6.51. The van der Waals surface area contributed by atoms with E-state index in [1.54, 1.807) is 0 Å². The Balaban J connectivity index is 0.00000133. The Morgan fingerprint density at radius 1 is 1.32 bits per heavy atom. The zero-order chi connectivity index (χ0) is 12.7. The maximum atomic E-state index is 13.8. The Morgan fingerprint density at radius 3 is 2.79 bits per heavy atom. The third-order valence-corrected chi connectivity index (χ3v) is 4.89. The molecule has 1 aliphatic carbocycles. The normalized spacial score (nSPS) is 30.2. The van der Waals surface area contributed by atoms with Gasteiger partial charge in [-0.25, -0.2) is 4.39 Å². The molecule has 2 aliphatic rings. The lowest BCUT2D eigenvalue weighted by atomic mass is 9.98. The average Bonchev–Trinajstić information content (AvgIpc) is 2.86. The van der Waals surface area contributed by atoms with Gasteiger partial charge in [-0.1, -0.05) is 22.0 Å². The summed E-state index contributed by atoms with van der Waals surface area (Å²) in [4.78, 5) is 2.35. The second kappa shape index (κ2) is 6.08. The third kappa shape index (κ3) is 3.13. The predicted octanol–water partition coefficient (Wildman–Crippen LogP) is 3.18. The van der Waals surface area contributed by atoms with Crippen molar-refractivity contribution in [1.29, 1.82) is 0 Å². The van der Waals surface area contributed by atoms with Crippen LogP contribution in [0.2, 0.25) is 0 Å². The van der Waals surface area contributed by atoms with Crippen LogP contribution in [0.5, 0.6) is 0 Å². The van der Waals surface area contributed by atoms with Gasteiger partial charge in [0.25, 0.3) is 0 Å². The lowest BCUT2D eigenvalue weighted by Gasteiger charge is -2.18. The summed E-state index contributed by atoms with van der Waals surface area (Å²) in [7, 11) is 0. The molecule has 1 heterocycles. The van der Waals surface area contributed by atoms with Crippen molar-refractivity contribution in [2.45, 2.75) is 25.4 Å². The first-order valence-electron chi connectivity index (χ1n) is 6.55. The fourth-order valence-corrected chi connectivity index (χ4v) is 3.75. The lowest BCUT2D eigenvalue weighted by molar-refractivity contribution is 0.294. The van der Waals surface area contributed by atoms with E-state index >= 15 is 0 Å². The van der Waals surface area contributed by atoms with Crippen molar-refractivity contribution >= 4 is 28.3 Å². The van der Waals surface area contributed by atoms with Crippen LogP contribution in [0.3, 0.4) is 0 Å². The second-order valence-electron chi connectivity index (χ2n) is 5.59. The van der Waals surface area contributed by atoms with E-state index in [9.17, 15) is 4.39 Å². The van der Waals surface area contributed by atoms with Crippen molar-refractivity contribution in [1.82, 2.24) is 4.90 Å². The van der Waals surface area contributed by atoms with Gasteiger partial charge in [0, 0.05) is 35.7 Å². The largest absolute Gasteiger partial charge is 0.327 e. The first-order chi connectivity index (χ1) is 8.63. The van der Waals surface area contributed by atoms with E-state index in [0.29, 0.717) is 18.5 Å². The minimum atomic E-state index is -0.120. The van der Waals surface area contributed by atoms with E-state index in [2.05, 4.69) is 20.8 Å². The summed E-state index contributed by atoms with van der Waals surface area (Å²) in [6.45, 7) is 2.81. The first-order valence-corrected chi connectivity index (χ1v) is 7.34.